The number of nitrogens with one attached hydrogen (secondary N) is 1. The second-order valence-corrected chi connectivity index (χ2v) is 4.32. The topological polar surface area (TPSA) is 160 Å². The van der Waals surface area contributed by atoms with E-state index < -0.39 is 16.6 Å². The summed E-state index contributed by atoms with van der Waals surface area (Å²) in [4.78, 5) is 21.7. The third kappa shape index (κ3) is 3.55. The minimum Gasteiger partial charge on any atom is -0.488 e. The molecule has 0 spiro atoms. The molecule has 0 saturated carbocycles. The number of aromatic nitrogens is 3. The summed E-state index contributed by atoms with van der Waals surface area (Å²) in [5.74, 6) is 4.73. The quantitative estimate of drug-likeness (QED) is 0.189. The molecule has 1 aromatic carbocycles. The fourth-order valence-corrected chi connectivity index (χ4v) is 1.77. The molecule has 2 aromatic rings. The Morgan fingerprint density at radius 1 is 1.54 bits per heavy atom. The lowest BCUT2D eigenvalue weighted by atomic mass is 10.1. The van der Waals surface area contributed by atoms with Gasteiger partial charge >= 0.3 is 11.7 Å². The number of carbonyl (C=O) groups is 1. The molecule has 3 N–H and O–H groups in total. The average Bonchev–Trinajstić information content (AvgIpc) is 2.92. The van der Waals surface area contributed by atoms with Gasteiger partial charge in [0.05, 0.1) is 23.8 Å². The van der Waals surface area contributed by atoms with Crippen LogP contribution in [-0.4, -0.2) is 39.1 Å². The van der Waals surface area contributed by atoms with Crippen molar-refractivity contribution in [3.05, 3.63) is 34.1 Å². The molecule has 0 aliphatic rings. The van der Waals surface area contributed by atoms with E-state index in [0.717, 1.165) is 4.68 Å². The number of methoxy groups -OCH3 is 1. The summed E-state index contributed by atoms with van der Waals surface area (Å²) in [7, 11) is 1.23. The smallest absolute Gasteiger partial charge is 0.323 e. The van der Waals surface area contributed by atoms with Crippen LogP contribution < -0.4 is 20.7 Å². The van der Waals surface area contributed by atoms with Crippen molar-refractivity contribution in [2.75, 3.05) is 18.4 Å². The van der Waals surface area contributed by atoms with Crippen LogP contribution in [0.1, 0.15) is 12.5 Å². The molecule has 0 aliphatic heterocycles. The molecule has 1 aromatic heterocycles. The second kappa shape index (κ2) is 7.04. The number of rotatable bonds is 6. The van der Waals surface area contributed by atoms with E-state index in [4.69, 9.17) is 15.3 Å². The highest BCUT2D eigenvalue weighted by atomic mass is 16.6. The van der Waals surface area contributed by atoms with E-state index in [1.54, 1.807) is 0 Å². The Labute approximate surface area is 135 Å². The van der Waals surface area contributed by atoms with Crippen LogP contribution in [0.3, 0.4) is 0 Å². The van der Waals surface area contributed by atoms with E-state index in [1.165, 1.54) is 38.7 Å². The maximum atomic E-state index is 11.3. The molecule has 12 heteroatoms. The summed E-state index contributed by atoms with van der Waals surface area (Å²) >= 11 is 0. The first-order valence-corrected chi connectivity index (χ1v) is 6.42. The van der Waals surface area contributed by atoms with Gasteiger partial charge in [0, 0.05) is 6.92 Å². The van der Waals surface area contributed by atoms with Crippen molar-refractivity contribution in [1.82, 2.24) is 14.9 Å². The van der Waals surface area contributed by atoms with Gasteiger partial charge < -0.3 is 15.3 Å². The Hall–Kier alpha value is -3.70. The fraction of sp³-hybridized carbons (Fsp3) is 0.167. The molecule has 0 aliphatic carbocycles. The van der Waals surface area contributed by atoms with Crippen molar-refractivity contribution >= 4 is 23.8 Å². The standard InChI is InChI=1S/C12H13N7O5/c1-7(20)24-9-4-3-8(10(19(21)22)11(9)23-2)5-14-16-12-17-15-6-18(12)13/h3-6H,13H2,1-2H3,(H,16,17)/b14-5-. The first-order chi connectivity index (χ1) is 11.4. The molecule has 0 unspecified atom stereocenters. The van der Waals surface area contributed by atoms with Gasteiger partial charge in [0.1, 0.15) is 6.33 Å². The Kier molecular flexibility index (Phi) is 4.89. The third-order valence-electron chi connectivity index (χ3n) is 2.71. The summed E-state index contributed by atoms with van der Waals surface area (Å²) < 4.78 is 11.0. The predicted octanol–water partition coefficient (Wildman–Crippen LogP) is 0.280. The zero-order valence-corrected chi connectivity index (χ0v) is 12.7. The second-order valence-electron chi connectivity index (χ2n) is 4.32. The molecule has 0 saturated heterocycles. The number of hydrogen-bond acceptors (Lipinski definition) is 10. The number of hydrazone groups is 1. The average molecular weight is 335 g/mol. The van der Waals surface area contributed by atoms with Crippen molar-refractivity contribution < 1.29 is 19.2 Å². The number of nitro groups is 1. The Morgan fingerprint density at radius 2 is 2.29 bits per heavy atom. The minimum absolute atomic E-state index is 0.0662. The maximum absolute atomic E-state index is 11.3. The molecular formula is C12H13N7O5. The maximum Gasteiger partial charge on any atom is 0.323 e. The van der Waals surface area contributed by atoms with Gasteiger partial charge in [-0.25, -0.2) is 10.1 Å². The molecule has 126 valence electrons. The number of benzene rings is 1. The highest BCUT2D eigenvalue weighted by Gasteiger charge is 2.25. The number of ether oxygens (including phenoxy) is 2. The van der Waals surface area contributed by atoms with E-state index in [-0.39, 0.29) is 23.0 Å². The molecular weight excluding hydrogens is 322 g/mol. The van der Waals surface area contributed by atoms with Gasteiger partial charge in [-0.1, -0.05) is 0 Å². The third-order valence-corrected chi connectivity index (χ3v) is 2.71. The van der Waals surface area contributed by atoms with Crippen LogP contribution in [0.25, 0.3) is 0 Å². The highest BCUT2D eigenvalue weighted by Crippen LogP contribution is 2.39. The number of nitro benzene ring substituents is 1. The molecule has 0 fully saturated rings. The Balaban J connectivity index is 2.37. The van der Waals surface area contributed by atoms with Gasteiger partial charge in [0.25, 0.3) is 5.95 Å². The van der Waals surface area contributed by atoms with Crippen LogP contribution in [0.15, 0.2) is 23.6 Å². The van der Waals surface area contributed by atoms with Crippen molar-refractivity contribution in [2.45, 2.75) is 6.92 Å². The van der Waals surface area contributed by atoms with Gasteiger partial charge in [-0.3, -0.25) is 14.9 Å². The van der Waals surface area contributed by atoms with Crippen LogP contribution in [0, 0.1) is 10.1 Å². The van der Waals surface area contributed by atoms with Crippen molar-refractivity contribution in [3.63, 3.8) is 0 Å². The van der Waals surface area contributed by atoms with E-state index in [0.29, 0.717) is 0 Å². The normalized spacial score (nSPS) is 10.6. The number of hydrogen-bond donors (Lipinski definition) is 2. The van der Waals surface area contributed by atoms with E-state index >= 15 is 0 Å². The number of nitrogen functional groups attached to an aromatic ring is 1. The lowest BCUT2D eigenvalue weighted by Crippen LogP contribution is -2.10. The number of nitrogens with two attached hydrogens (primary N) is 1. The zero-order chi connectivity index (χ0) is 17.7. The van der Waals surface area contributed by atoms with Crippen molar-refractivity contribution in [2.24, 2.45) is 5.10 Å². The van der Waals surface area contributed by atoms with Gasteiger partial charge in [-0.2, -0.15) is 5.10 Å². The summed E-state index contributed by atoms with van der Waals surface area (Å²) in [6.45, 7) is 1.17. The first-order valence-electron chi connectivity index (χ1n) is 6.42. The summed E-state index contributed by atoms with van der Waals surface area (Å²) in [6.07, 6.45) is 2.42. The van der Waals surface area contributed by atoms with Gasteiger partial charge in [-0.05, 0) is 12.1 Å². The Bertz CT molecular complexity index is 801. The number of anilines is 1. The van der Waals surface area contributed by atoms with E-state index in [9.17, 15) is 14.9 Å². The lowest BCUT2D eigenvalue weighted by Gasteiger charge is -2.09. The number of esters is 1. The van der Waals surface area contributed by atoms with Gasteiger partial charge in [-0.15, -0.1) is 10.2 Å². The van der Waals surface area contributed by atoms with Gasteiger partial charge in [0.2, 0.25) is 5.75 Å². The number of carbonyl (C=O) groups excluding carboxylic acids is 1. The highest BCUT2D eigenvalue weighted by molar-refractivity contribution is 5.89. The summed E-state index contributed by atoms with van der Waals surface area (Å²) in [6, 6.07) is 2.72. The van der Waals surface area contributed by atoms with E-state index in [1.807, 2.05) is 0 Å². The molecule has 1 heterocycles. The van der Waals surface area contributed by atoms with Crippen LogP contribution in [0.5, 0.6) is 11.5 Å². The van der Waals surface area contributed by atoms with Crippen LogP contribution in [0.4, 0.5) is 11.6 Å². The molecule has 0 amide bonds. The predicted molar refractivity (Wildman–Crippen MR) is 82.3 cm³/mol. The first kappa shape index (κ1) is 16.7. The molecule has 12 nitrogen and oxygen atoms in total. The SMILES string of the molecule is COc1c(OC(C)=O)ccc(/C=N\Nc2nncn2N)c1[N+](=O)[O-]. The molecule has 2 rings (SSSR count). The zero-order valence-electron chi connectivity index (χ0n) is 12.7. The summed E-state index contributed by atoms with van der Waals surface area (Å²) in [5, 5.41) is 22.3. The van der Waals surface area contributed by atoms with Crippen molar-refractivity contribution in [1.29, 1.82) is 0 Å². The Morgan fingerprint density at radius 3 is 2.83 bits per heavy atom. The van der Waals surface area contributed by atoms with Crippen LogP contribution in [-0.2, 0) is 4.79 Å². The molecule has 0 radical (unpaired) electrons. The van der Waals surface area contributed by atoms with E-state index in [2.05, 4.69) is 20.7 Å². The van der Waals surface area contributed by atoms with Crippen LogP contribution >= 0.6 is 0 Å². The molecule has 0 bridgehead atoms. The van der Waals surface area contributed by atoms with Gasteiger partial charge in [0.15, 0.2) is 5.75 Å². The number of nitrogens with zero attached hydrogens (tertiary/aromatic N) is 5. The monoisotopic (exact) mass is 335 g/mol. The lowest BCUT2D eigenvalue weighted by molar-refractivity contribution is -0.385. The van der Waals surface area contributed by atoms with Crippen molar-refractivity contribution in [3.8, 4) is 11.5 Å². The fourth-order valence-electron chi connectivity index (χ4n) is 1.77. The largest absolute Gasteiger partial charge is 0.488 e. The minimum atomic E-state index is -0.668. The molecule has 24 heavy (non-hydrogen) atoms. The summed E-state index contributed by atoms with van der Waals surface area (Å²) in [5.41, 5.74) is 2.18. The van der Waals surface area contributed by atoms with Crippen LogP contribution in [0.2, 0.25) is 0 Å². The molecule has 0 atom stereocenters.